The largest absolute Gasteiger partial charge is 0.493 e. The van der Waals surface area contributed by atoms with Gasteiger partial charge < -0.3 is 23.7 Å². The number of hydrogen-bond acceptors (Lipinski definition) is 7. The van der Waals surface area contributed by atoms with Crippen molar-refractivity contribution in [1.82, 2.24) is 0 Å². The second-order valence-electron chi connectivity index (χ2n) is 9.12. The molecule has 0 radical (unpaired) electrons. The standard InChI is InChI=1S/C30H32O7/c1-30(2,3)37-29(32)20-36-28-18-23(13-16-26(28)35-19-22-9-7-6-8-10-22)24(31)14-11-21-12-15-25(33-4)27(17-21)34-5/h6-18H,19-20H2,1-5H3. The summed E-state index contributed by atoms with van der Waals surface area (Å²) in [7, 11) is 3.11. The average Bonchev–Trinajstić information content (AvgIpc) is 2.89. The summed E-state index contributed by atoms with van der Waals surface area (Å²) in [6.45, 7) is 5.32. The van der Waals surface area contributed by atoms with E-state index in [1.165, 1.54) is 6.08 Å². The molecule has 194 valence electrons. The Balaban J connectivity index is 1.79. The second-order valence-corrected chi connectivity index (χ2v) is 9.12. The normalized spacial score (nSPS) is 11.2. The molecule has 0 bridgehead atoms. The van der Waals surface area contributed by atoms with E-state index in [2.05, 4.69) is 0 Å². The summed E-state index contributed by atoms with van der Waals surface area (Å²) < 4.78 is 27.6. The van der Waals surface area contributed by atoms with Crippen LogP contribution in [0, 0.1) is 0 Å². The maximum absolute atomic E-state index is 12.9. The van der Waals surface area contributed by atoms with Crippen molar-refractivity contribution in [3.63, 3.8) is 0 Å². The molecule has 0 fully saturated rings. The molecule has 0 aliphatic carbocycles. The van der Waals surface area contributed by atoms with Crippen LogP contribution in [0.3, 0.4) is 0 Å². The van der Waals surface area contributed by atoms with Gasteiger partial charge in [0.2, 0.25) is 0 Å². The van der Waals surface area contributed by atoms with E-state index in [0.29, 0.717) is 29.4 Å². The smallest absolute Gasteiger partial charge is 0.344 e. The zero-order valence-electron chi connectivity index (χ0n) is 21.8. The first-order chi connectivity index (χ1) is 17.7. The van der Waals surface area contributed by atoms with Crippen LogP contribution in [0.5, 0.6) is 23.0 Å². The molecule has 0 spiro atoms. The van der Waals surface area contributed by atoms with Gasteiger partial charge >= 0.3 is 5.97 Å². The number of carbonyl (C=O) groups excluding carboxylic acids is 2. The summed E-state index contributed by atoms with van der Waals surface area (Å²) in [5.74, 6) is 1.08. The van der Waals surface area contributed by atoms with E-state index in [9.17, 15) is 9.59 Å². The van der Waals surface area contributed by atoms with Gasteiger partial charge in [-0.15, -0.1) is 0 Å². The van der Waals surface area contributed by atoms with E-state index < -0.39 is 11.6 Å². The number of rotatable bonds is 11. The van der Waals surface area contributed by atoms with E-state index in [1.807, 2.05) is 36.4 Å². The van der Waals surface area contributed by atoms with E-state index in [1.54, 1.807) is 71.4 Å². The predicted molar refractivity (Wildman–Crippen MR) is 141 cm³/mol. The monoisotopic (exact) mass is 504 g/mol. The minimum Gasteiger partial charge on any atom is -0.493 e. The molecule has 0 saturated carbocycles. The van der Waals surface area contributed by atoms with Gasteiger partial charge in [-0.05, 0) is 68.3 Å². The summed E-state index contributed by atoms with van der Waals surface area (Å²) in [5.41, 5.74) is 1.48. The second kappa shape index (κ2) is 12.6. The van der Waals surface area contributed by atoms with Crippen LogP contribution < -0.4 is 18.9 Å². The predicted octanol–water partition coefficient (Wildman–Crippen LogP) is 5.90. The number of benzene rings is 3. The topological polar surface area (TPSA) is 80.3 Å². The van der Waals surface area contributed by atoms with Crippen molar-refractivity contribution in [2.75, 3.05) is 20.8 Å². The lowest BCUT2D eigenvalue weighted by Crippen LogP contribution is -2.27. The van der Waals surface area contributed by atoms with E-state index >= 15 is 0 Å². The highest BCUT2D eigenvalue weighted by molar-refractivity contribution is 6.07. The van der Waals surface area contributed by atoms with Crippen LogP contribution in [0.25, 0.3) is 6.08 Å². The quantitative estimate of drug-likeness (QED) is 0.183. The van der Waals surface area contributed by atoms with Crippen LogP contribution in [-0.2, 0) is 16.1 Å². The minimum absolute atomic E-state index is 0.244. The van der Waals surface area contributed by atoms with Crippen LogP contribution in [0.2, 0.25) is 0 Å². The van der Waals surface area contributed by atoms with Gasteiger partial charge in [-0.1, -0.05) is 42.5 Å². The molecular formula is C30H32O7. The molecular weight excluding hydrogens is 472 g/mol. The molecule has 3 rings (SSSR count). The van der Waals surface area contributed by atoms with Crippen LogP contribution in [0.15, 0.2) is 72.8 Å². The lowest BCUT2D eigenvalue weighted by atomic mass is 10.1. The first-order valence-corrected chi connectivity index (χ1v) is 11.8. The molecule has 0 aromatic heterocycles. The van der Waals surface area contributed by atoms with Crippen molar-refractivity contribution in [3.05, 3.63) is 89.5 Å². The number of carbonyl (C=O) groups is 2. The molecule has 0 amide bonds. The van der Waals surface area contributed by atoms with E-state index in [0.717, 1.165) is 11.1 Å². The maximum atomic E-state index is 12.9. The Morgan fingerprint density at radius 3 is 2.16 bits per heavy atom. The molecule has 0 atom stereocenters. The van der Waals surface area contributed by atoms with Gasteiger partial charge in [0, 0.05) is 5.56 Å². The van der Waals surface area contributed by atoms with E-state index in [4.69, 9.17) is 23.7 Å². The molecule has 7 heteroatoms. The Bertz CT molecular complexity index is 1240. The molecule has 0 N–H and O–H groups in total. The Morgan fingerprint density at radius 1 is 0.784 bits per heavy atom. The van der Waals surface area contributed by atoms with Crippen LogP contribution >= 0.6 is 0 Å². The van der Waals surface area contributed by atoms with Crippen molar-refractivity contribution in [1.29, 1.82) is 0 Å². The van der Waals surface area contributed by atoms with Crippen molar-refractivity contribution in [3.8, 4) is 23.0 Å². The number of ether oxygens (including phenoxy) is 5. The summed E-state index contributed by atoms with van der Waals surface area (Å²) in [6.07, 6.45) is 3.14. The zero-order chi connectivity index (χ0) is 26.8. The third-order valence-electron chi connectivity index (χ3n) is 5.07. The number of methoxy groups -OCH3 is 2. The lowest BCUT2D eigenvalue weighted by Gasteiger charge is -2.20. The Hall–Kier alpha value is -4.26. The molecule has 0 aliphatic rings. The van der Waals surface area contributed by atoms with Gasteiger partial charge in [0.1, 0.15) is 12.2 Å². The summed E-state index contributed by atoms with van der Waals surface area (Å²) >= 11 is 0. The average molecular weight is 505 g/mol. The Morgan fingerprint density at radius 2 is 1.49 bits per heavy atom. The fraction of sp³-hybridized carbons (Fsp3) is 0.267. The fourth-order valence-corrected chi connectivity index (χ4v) is 3.36. The van der Waals surface area contributed by atoms with Gasteiger partial charge in [-0.2, -0.15) is 0 Å². The SMILES string of the molecule is COc1ccc(C=CC(=O)c2ccc(OCc3ccccc3)c(OCC(=O)OC(C)(C)C)c2)cc1OC. The first kappa shape index (κ1) is 27.3. The highest BCUT2D eigenvalue weighted by Gasteiger charge is 2.18. The number of hydrogen-bond donors (Lipinski definition) is 0. The highest BCUT2D eigenvalue weighted by atomic mass is 16.6. The van der Waals surface area contributed by atoms with Gasteiger partial charge in [0.05, 0.1) is 14.2 Å². The van der Waals surface area contributed by atoms with Crippen molar-refractivity contribution in [2.45, 2.75) is 33.0 Å². The highest BCUT2D eigenvalue weighted by Crippen LogP contribution is 2.31. The van der Waals surface area contributed by atoms with Gasteiger partial charge in [-0.3, -0.25) is 4.79 Å². The summed E-state index contributed by atoms with van der Waals surface area (Å²) in [6, 6.07) is 19.9. The van der Waals surface area contributed by atoms with Crippen molar-refractivity contribution < 1.29 is 33.3 Å². The van der Waals surface area contributed by atoms with Crippen LogP contribution in [-0.4, -0.2) is 38.2 Å². The third kappa shape index (κ3) is 8.42. The molecule has 0 heterocycles. The minimum atomic E-state index is -0.639. The molecule has 0 aliphatic heterocycles. The molecule has 3 aromatic carbocycles. The molecule has 3 aromatic rings. The summed E-state index contributed by atoms with van der Waals surface area (Å²) in [4.78, 5) is 25.1. The number of esters is 1. The molecule has 0 saturated heterocycles. The molecule has 0 unspecified atom stereocenters. The van der Waals surface area contributed by atoms with Crippen LogP contribution in [0.1, 0.15) is 42.3 Å². The lowest BCUT2D eigenvalue weighted by molar-refractivity contribution is -0.157. The van der Waals surface area contributed by atoms with E-state index in [-0.39, 0.29) is 18.1 Å². The van der Waals surface area contributed by atoms with Gasteiger partial charge in [0.15, 0.2) is 35.4 Å². The van der Waals surface area contributed by atoms with Crippen LogP contribution in [0.4, 0.5) is 0 Å². The maximum Gasteiger partial charge on any atom is 0.344 e. The van der Waals surface area contributed by atoms with Gasteiger partial charge in [-0.25, -0.2) is 4.79 Å². The third-order valence-corrected chi connectivity index (χ3v) is 5.07. The van der Waals surface area contributed by atoms with Gasteiger partial charge in [0.25, 0.3) is 0 Å². The van der Waals surface area contributed by atoms with Crippen molar-refractivity contribution in [2.24, 2.45) is 0 Å². The molecule has 37 heavy (non-hydrogen) atoms. The summed E-state index contributed by atoms with van der Waals surface area (Å²) in [5, 5.41) is 0. The number of ketones is 1. The first-order valence-electron chi connectivity index (χ1n) is 11.8. The molecule has 7 nitrogen and oxygen atoms in total. The Kier molecular flexibility index (Phi) is 9.33. The van der Waals surface area contributed by atoms with Crippen molar-refractivity contribution >= 4 is 17.8 Å². The fourth-order valence-electron chi connectivity index (χ4n) is 3.36. The Labute approximate surface area is 217 Å². The zero-order valence-corrected chi connectivity index (χ0v) is 21.8. The number of allylic oxidation sites excluding steroid dienone is 1.